The lowest BCUT2D eigenvalue weighted by Gasteiger charge is -2.14. The van der Waals surface area contributed by atoms with Gasteiger partial charge in [-0.15, -0.1) is 10.2 Å². The van der Waals surface area contributed by atoms with Crippen LogP contribution in [0.3, 0.4) is 0 Å². The van der Waals surface area contributed by atoms with E-state index in [1.165, 1.54) is 0 Å². The molecule has 3 rings (SSSR count). The number of carbonyl (C=O) groups is 1. The molecule has 0 saturated heterocycles. The largest absolute Gasteiger partial charge is 0.491 e. The van der Waals surface area contributed by atoms with Crippen molar-refractivity contribution in [1.82, 2.24) is 14.8 Å². The lowest BCUT2D eigenvalue weighted by molar-refractivity contribution is -0.118. The van der Waals surface area contributed by atoms with Gasteiger partial charge >= 0.3 is 0 Å². The number of nitrogens with two attached hydrogens (primary N) is 1. The molecule has 7 heteroatoms. The minimum atomic E-state index is -0.373. The summed E-state index contributed by atoms with van der Waals surface area (Å²) in [5.41, 5.74) is 6.48. The molecule has 1 fully saturated rings. The molecule has 1 saturated carbocycles. The monoisotopic (exact) mass is 346 g/mol. The second-order valence-electron chi connectivity index (χ2n) is 6.23. The third-order valence-corrected chi connectivity index (χ3v) is 4.71. The Labute approximate surface area is 145 Å². The van der Waals surface area contributed by atoms with Crippen molar-refractivity contribution in [2.24, 2.45) is 5.73 Å². The third-order valence-electron chi connectivity index (χ3n) is 3.69. The second kappa shape index (κ2) is 7.25. The fourth-order valence-electron chi connectivity index (χ4n) is 2.49. The summed E-state index contributed by atoms with van der Waals surface area (Å²) in [5, 5.41) is 9.26. The molecule has 1 aromatic heterocycles. The van der Waals surface area contributed by atoms with Crippen LogP contribution in [0.1, 0.15) is 44.0 Å². The van der Waals surface area contributed by atoms with Crippen molar-refractivity contribution in [3.05, 3.63) is 35.7 Å². The summed E-state index contributed by atoms with van der Waals surface area (Å²) in [6.45, 7) is 4.15. The predicted octanol–water partition coefficient (Wildman–Crippen LogP) is 2.72. The number of rotatable bonds is 8. The molecule has 0 bridgehead atoms. The van der Waals surface area contributed by atoms with Gasteiger partial charge in [-0.3, -0.25) is 9.36 Å². The van der Waals surface area contributed by atoms with Crippen LogP contribution in [0, 0.1) is 0 Å². The summed E-state index contributed by atoms with van der Waals surface area (Å²) in [6.07, 6.45) is 2.33. The van der Waals surface area contributed by atoms with Gasteiger partial charge in [0.15, 0.2) is 5.16 Å². The van der Waals surface area contributed by atoms with Crippen molar-refractivity contribution in [2.75, 3.05) is 0 Å². The van der Waals surface area contributed by atoms with Crippen LogP contribution in [0.15, 0.2) is 29.4 Å². The van der Waals surface area contributed by atoms with Crippen LogP contribution in [0.4, 0.5) is 0 Å². The first-order valence-corrected chi connectivity index (χ1v) is 9.12. The molecule has 0 spiro atoms. The topological polar surface area (TPSA) is 83.0 Å². The lowest BCUT2D eigenvalue weighted by atomic mass is 10.2. The Morgan fingerprint density at radius 1 is 1.38 bits per heavy atom. The van der Waals surface area contributed by atoms with Crippen molar-refractivity contribution in [3.63, 3.8) is 0 Å². The van der Waals surface area contributed by atoms with Gasteiger partial charge in [0.25, 0.3) is 0 Å². The van der Waals surface area contributed by atoms with Crippen LogP contribution < -0.4 is 10.5 Å². The molecule has 0 unspecified atom stereocenters. The number of amides is 1. The first-order valence-electron chi connectivity index (χ1n) is 8.13. The van der Waals surface area contributed by atoms with E-state index in [1.54, 1.807) is 11.8 Å². The number of thioether (sulfide) groups is 1. The van der Waals surface area contributed by atoms with E-state index in [2.05, 4.69) is 10.2 Å². The first-order chi connectivity index (χ1) is 11.5. The van der Waals surface area contributed by atoms with E-state index in [9.17, 15) is 4.79 Å². The predicted molar refractivity (Wildman–Crippen MR) is 93.0 cm³/mol. The Morgan fingerprint density at radius 2 is 2.12 bits per heavy atom. The Morgan fingerprint density at radius 3 is 2.79 bits per heavy atom. The number of hydrogen-bond donors (Lipinski definition) is 1. The molecule has 0 aliphatic heterocycles. The van der Waals surface area contributed by atoms with E-state index in [0.717, 1.165) is 35.1 Å². The second-order valence-corrected chi connectivity index (χ2v) is 7.17. The van der Waals surface area contributed by atoms with E-state index in [0.29, 0.717) is 11.7 Å². The van der Waals surface area contributed by atoms with E-state index in [-0.39, 0.29) is 18.6 Å². The molecule has 1 heterocycles. The minimum Gasteiger partial charge on any atom is -0.491 e. The Bertz CT molecular complexity index is 725. The normalized spacial score (nSPS) is 14.1. The fourth-order valence-corrected chi connectivity index (χ4v) is 3.42. The SMILES string of the molecule is CC(C)Oc1ccccc1CSc1nnc(C2CC2)n1CC(N)=O. The average molecular weight is 346 g/mol. The molecule has 0 atom stereocenters. The van der Waals surface area contributed by atoms with E-state index in [4.69, 9.17) is 10.5 Å². The van der Waals surface area contributed by atoms with Gasteiger partial charge in [-0.1, -0.05) is 30.0 Å². The first kappa shape index (κ1) is 16.8. The van der Waals surface area contributed by atoms with Gasteiger partial charge in [0.2, 0.25) is 5.91 Å². The molecule has 6 nitrogen and oxygen atoms in total. The maximum Gasteiger partial charge on any atom is 0.237 e. The summed E-state index contributed by atoms with van der Waals surface area (Å²) < 4.78 is 7.71. The van der Waals surface area contributed by atoms with Crippen LogP contribution in [-0.2, 0) is 17.1 Å². The number of nitrogens with zero attached hydrogens (tertiary/aromatic N) is 3. The molecule has 128 valence electrons. The van der Waals surface area contributed by atoms with Crippen molar-refractivity contribution in [2.45, 2.75) is 56.2 Å². The maximum atomic E-state index is 11.4. The quantitative estimate of drug-likeness (QED) is 0.743. The highest BCUT2D eigenvalue weighted by Gasteiger charge is 2.30. The smallest absolute Gasteiger partial charge is 0.237 e. The van der Waals surface area contributed by atoms with E-state index >= 15 is 0 Å². The number of benzene rings is 1. The minimum absolute atomic E-state index is 0.121. The van der Waals surface area contributed by atoms with E-state index < -0.39 is 0 Å². The van der Waals surface area contributed by atoms with Gasteiger partial charge in [0, 0.05) is 17.2 Å². The molecule has 24 heavy (non-hydrogen) atoms. The van der Waals surface area contributed by atoms with Crippen LogP contribution >= 0.6 is 11.8 Å². The summed E-state index contributed by atoms with van der Waals surface area (Å²) >= 11 is 1.55. The van der Waals surface area contributed by atoms with E-state index in [1.807, 2.05) is 42.7 Å². The van der Waals surface area contributed by atoms with Crippen molar-refractivity contribution in [1.29, 1.82) is 0 Å². The van der Waals surface area contributed by atoms with Crippen molar-refractivity contribution in [3.8, 4) is 5.75 Å². The molecule has 1 aliphatic rings. The van der Waals surface area contributed by atoms with Crippen molar-refractivity contribution >= 4 is 17.7 Å². The molecule has 1 aliphatic carbocycles. The molecule has 2 N–H and O–H groups in total. The zero-order chi connectivity index (χ0) is 17.1. The highest BCUT2D eigenvalue weighted by Crippen LogP contribution is 2.40. The lowest BCUT2D eigenvalue weighted by Crippen LogP contribution is -2.20. The summed E-state index contributed by atoms with van der Waals surface area (Å²) in [5.74, 6) is 2.50. The number of aromatic nitrogens is 3. The number of hydrogen-bond acceptors (Lipinski definition) is 5. The Kier molecular flexibility index (Phi) is 5.08. The van der Waals surface area contributed by atoms with Crippen LogP contribution in [0.2, 0.25) is 0 Å². The average Bonchev–Trinajstić information content (AvgIpc) is 3.29. The number of carbonyl (C=O) groups excluding carboxylic acids is 1. The molecule has 1 aromatic carbocycles. The highest BCUT2D eigenvalue weighted by molar-refractivity contribution is 7.98. The van der Waals surface area contributed by atoms with Gasteiger partial charge in [0.1, 0.15) is 18.1 Å². The number of primary amides is 1. The van der Waals surface area contributed by atoms with Crippen LogP contribution in [0.5, 0.6) is 5.75 Å². The molecule has 0 radical (unpaired) electrons. The van der Waals surface area contributed by atoms with Gasteiger partial charge in [-0.2, -0.15) is 0 Å². The standard InChI is InChI=1S/C17H22N4O2S/c1-11(2)23-14-6-4-3-5-13(14)10-24-17-20-19-16(12-7-8-12)21(17)9-15(18)22/h3-6,11-12H,7-10H2,1-2H3,(H2,18,22). The van der Waals surface area contributed by atoms with Gasteiger partial charge < -0.3 is 10.5 Å². The Balaban J connectivity index is 1.76. The molecular formula is C17H22N4O2S. The maximum absolute atomic E-state index is 11.4. The zero-order valence-corrected chi connectivity index (χ0v) is 14.8. The van der Waals surface area contributed by atoms with Gasteiger partial charge in [-0.05, 0) is 32.8 Å². The van der Waals surface area contributed by atoms with Crippen LogP contribution in [-0.4, -0.2) is 26.8 Å². The van der Waals surface area contributed by atoms with Crippen molar-refractivity contribution < 1.29 is 9.53 Å². The molecule has 1 amide bonds. The summed E-state index contributed by atoms with van der Waals surface area (Å²) in [7, 11) is 0. The zero-order valence-electron chi connectivity index (χ0n) is 13.9. The summed E-state index contributed by atoms with van der Waals surface area (Å²) in [6, 6.07) is 7.97. The molecule has 2 aromatic rings. The van der Waals surface area contributed by atoms with Gasteiger partial charge in [0.05, 0.1) is 6.10 Å². The Hall–Kier alpha value is -2.02. The highest BCUT2D eigenvalue weighted by atomic mass is 32.2. The molecular weight excluding hydrogens is 324 g/mol. The van der Waals surface area contributed by atoms with Crippen LogP contribution in [0.25, 0.3) is 0 Å². The number of para-hydroxylation sites is 1. The fraction of sp³-hybridized carbons (Fsp3) is 0.471. The third kappa shape index (κ3) is 4.08. The van der Waals surface area contributed by atoms with Gasteiger partial charge in [-0.25, -0.2) is 0 Å². The number of ether oxygens (including phenoxy) is 1. The summed E-state index contributed by atoms with van der Waals surface area (Å²) in [4.78, 5) is 11.4.